The molecule has 1 N–H and O–H groups in total. The first-order chi connectivity index (χ1) is 9.63. The van der Waals surface area contributed by atoms with Crippen molar-refractivity contribution >= 4 is 21.6 Å². The second-order valence-electron chi connectivity index (χ2n) is 4.76. The van der Waals surface area contributed by atoms with E-state index in [4.69, 9.17) is 4.74 Å². The minimum atomic E-state index is 0.363. The Labute approximate surface area is 131 Å². The second-order valence-corrected chi connectivity index (χ2v) is 5.62. The molecule has 4 heteroatoms. The van der Waals surface area contributed by atoms with Gasteiger partial charge in [-0.3, -0.25) is 0 Å². The molecule has 1 atom stereocenters. The van der Waals surface area contributed by atoms with Gasteiger partial charge in [0.2, 0.25) is 0 Å². The van der Waals surface area contributed by atoms with Gasteiger partial charge in [0.15, 0.2) is 0 Å². The van der Waals surface area contributed by atoms with Crippen molar-refractivity contribution < 1.29 is 4.74 Å². The van der Waals surface area contributed by atoms with Crippen molar-refractivity contribution in [3.63, 3.8) is 0 Å². The molecule has 0 bridgehead atoms. The molecule has 0 aliphatic heterocycles. The van der Waals surface area contributed by atoms with Gasteiger partial charge in [-0.05, 0) is 45.0 Å². The molecular formula is C16H27BrN2O. The Hall–Kier alpha value is -0.580. The van der Waals surface area contributed by atoms with Crippen molar-refractivity contribution in [3.05, 3.63) is 28.2 Å². The highest BCUT2D eigenvalue weighted by Crippen LogP contribution is 2.28. The van der Waals surface area contributed by atoms with E-state index in [0.717, 1.165) is 32.8 Å². The van der Waals surface area contributed by atoms with Crippen LogP contribution < -0.4 is 10.2 Å². The van der Waals surface area contributed by atoms with E-state index in [1.54, 1.807) is 0 Å². The zero-order valence-electron chi connectivity index (χ0n) is 13.1. The van der Waals surface area contributed by atoms with Crippen LogP contribution in [-0.2, 0) is 4.74 Å². The Morgan fingerprint density at radius 3 is 2.60 bits per heavy atom. The van der Waals surface area contributed by atoms with Crippen molar-refractivity contribution in [2.45, 2.75) is 33.7 Å². The topological polar surface area (TPSA) is 24.5 Å². The van der Waals surface area contributed by atoms with Crippen LogP contribution in [0.4, 0.5) is 5.69 Å². The summed E-state index contributed by atoms with van der Waals surface area (Å²) < 4.78 is 6.61. The van der Waals surface area contributed by atoms with Crippen LogP contribution in [0.3, 0.4) is 0 Å². The van der Waals surface area contributed by atoms with E-state index >= 15 is 0 Å². The van der Waals surface area contributed by atoms with Gasteiger partial charge < -0.3 is 15.0 Å². The van der Waals surface area contributed by atoms with Gasteiger partial charge in [0.1, 0.15) is 0 Å². The van der Waals surface area contributed by atoms with Crippen LogP contribution >= 0.6 is 15.9 Å². The summed E-state index contributed by atoms with van der Waals surface area (Å²) in [4.78, 5) is 2.34. The van der Waals surface area contributed by atoms with Gasteiger partial charge in [0, 0.05) is 35.9 Å². The molecule has 1 aromatic carbocycles. The van der Waals surface area contributed by atoms with E-state index in [1.807, 2.05) is 6.92 Å². The van der Waals surface area contributed by atoms with Crippen LogP contribution in [0.2, 0.25) is 0 Å². The fourth-order valence-electron chi connectivity index (χ4n) is 2.27. The summed E-state index contributed by atoms with van der Waals surface area (Å²) in [5.74, 6) is 0. The van der Waals surface area contributed by atoms with Crippen LogP contribution in [0.1, 0.15) is 39.3 Å². The highest BCUT2D eigenvalue weighted by atomic mass is 79.9. The lowest BCUT2D eigenvalue weighted by atomic mass is 10.1. The van der Waals surface area contributed by atoms with E-state index < -0.39 is 0 Å². The monoisotopic (exact) mass is 342 g/mol. The first-order valence-corrected chi connectivity index (χ1v) is 8.28. The molecule has 0 saturated carbocycles. The summed E-state index contributed by atoms with van der Waals surface area (Å²) in [7, 11) is 0. The fraction of sp³-hybridized carbons (Fsp3) is 0.625. The van der Waals surface area contributed by atoms with Gasteiger partial charge in [-0.25, -0.2) is 0 Å². The van der Waals surface area contributed by atoms with Gasteiger partial charge in [-0.15, -0.1) is 0 Å². The molecule has 0 fully saturated rings. The first kappa shape index (κ1) is 17.5. The Morgan fingerprint density at radius 1 is 1.30 bits per heavy atom. The van der Waals surface area contributed by atoms with Crippen molar-refractivity contribution in [3.8, 4) is 0 Å². The zero-order valence-corrected chi connectivity index (χ0v) is 14.7. The van der Waals surface area contributed by atoms with Crippen LogP contribution in [0.15, 0.2) is 22.7 Å². The van der Waals surface area contributed by atoms with Gasteiger partial charge in [0.25, 0.3) is 0 Å². The number of ether oxygens (including phenoxy) is 1. The molecule has 0 aliphatic rings. The minimum absolute atomic E-state index is 0.363. The maximum atomic E-state index is 5.45. The number of nitrogens with one attached hydrogen (secondary N) is 1. The third kappa shape index (κ3) is 5.08. The number of hydrogen-bond donors (Lipinski definition) is 1. The van der Waals surface area contributed by atoms with E-state index in [2.05, 4.69) is 65.1 Å². The average Bonchev–Trinajstić information content (AvgIpc) is 2.43. The second kappa shape index (κ2) is 9.37. The summed E-state index contributed by atoms with van der Waals surface area (Å²) in [5.41, 5.74) is 2.54. The third-order valence-electron chi connectivity index (χ3n) is 3.42. The zero-order chi connectivity index (χ0) is 15.0. The predicted molar refractivity (Wildman–Crippen MR) is 90.6 cm³/mol. The highest BCUT2D eigenvalue weighted by molar-refractivity contribution is 9.10. The van der Waals surface area contributed by atoms with Gasteiger partial charge in [0.05, 0.1) is 6.61 Å². The lowest BCUT2D eigenvalue weighted by Crippen LogP contribution is -2.27. The van der Waals surface area contributed by atoms with Crippen molar-refractivity contribution in [2.24, 2.45) is 0 Å². The lowest BCUT2D eigenvalue weighted by molar-refractivity contribution is 0.154. The molecule has 0 radical (unpaired) electrons. The molecule has 20 heavy (non-hydrogen) atoms. The molecule has 0 spiro atoms. The maximum Gasteiger partial charge on any atom is 0.0641 e. The van der Waals surface area contributed by atoms with Crippen LogP contribution in [0, 0.1) is 0 Å². The Kier molecular flexibility index (Phi) is 8.19. The van der Waals surface area contributed by atoms with E-state index in [1.165, 1.54) is 15.7 Å². The quantitative estimate of drug-likeness (QED) is 0.687. The van der Waals surface area contributed by atoms with Crippen molar-refractivity contribution in [1.29, 1.82) is 0 Å². The minimum Gasteiger partial charge on any atom is -0.380 e. The van der Waals surface area contributed by atoms with E-state index in [-0.39, 0.29) is 0 Å². The number of hydrogen-bond acceptors (Lipinski definition) is 3. The molecule has 0 amide bonds. The summed E-state index contributed by atoms with van der Waals surface area (Å²) in [6.45, 7) is 13.0. The molecule has 1 aromatic rings. The maximum absolute atomic E-state index is 5.45. The molecule has 0 heterocycles. The number of halogens is 1. The van der Waals surface area contributed by atoms with Crippen molar-refractivity contribution in [1.82, 2.24) is 5.32 Å². The molecule has 0 saturated heterocycles. The van der Waals surface area contributed by atoms with E-state index in [0.29, 0.717) is 6.04 Å². The number of anilines is 1. The van der Waals surface area contributed by atoms with Crippen molar-refractivity contribution in [2.75, 3.05) is 37.7 Å². The average molecular weight is 343 g/mol. The van der Waals surface area contributed by atoms with Crippen LogP contribution in [0.5, 0.6) is 0 Å². The van der Waals surface area contributed by atoms with Gasteiger partial charge in [-0.2, -0.15) is 0 Å². The molecule has 1 unspecified atom stereocenters. The Bertz CT molecular complexity index is 398. The van der Waals surface area contributed by atoms with Crippen LogP contribution in [-0.4, -0.2) is 32.8 Å². The summed E-state index contributed by atoms with van der Waals surface area (Å²) in [6.07, 6.45) is 0. The molecule has 0 aromatic heterocycles. The SMILES string of the molecule is CCNC(C)c1ccc(N(CC)CCOCC)cc1Br. The fourth-order valence-corrected chi connectivity index (χ4v) is 2.98. The number of nitrogens with zero attached hydrogens (tertiary/aromatic N) is 1. The molecule has 1 rings (SSSR count). The summed E-state index contributed by atoms with van der Waals surface area (Å²) >= 11 is 3.70. The molecule has 0 aliphatic carbocycles. The third-order valence-corrected chi connectivity index (χ3v) is 4.10. The number of rotatable bonds is 9. The first-order valence-electron chi connectivity index (χ1n) is 7.49. The Morgan fingerprint density at radius 2 is 2.05 bits per heavy atom. The Balaban J connectivity index is 2.78. The standard InChI is InChI=1S/C16H27BrN2O/c1-5-18-13(4)15-9-8-14(12-16(15)17)19(6-2)10-11-20-7-3/h8-9,12-13,18H,5-7,10-11H2,1-4H3. The summed E-state index contributed by atoms with van der Waals surface area (Å²) in [5, 5.41) is 3.44. The van der Waals surface area contributed by atoms with Gasteiger partial charge >= 0.3 is 0 Å². The van der Waals surface area contributed by atoms with Gasteiger partial charge in [-0.1, -0.05) is 28.9 Å². The number of likely N-dealkylation sites (N-methyl/N-ethyl adjacent to an activating group) is 1. The smallest absolute Gasteiger partial charge is 0.0641 e. The number of benzene rings is 1. The van der Waals surface area contributed by atoms with E-state index in [9.17, 15) is 0 Å². The van der Waals surface area contributed by atoms with Crippen LogP contribution in [0.25, 0.3) is 0 Å². The normalized spacial score (nSPS) is 12.4. The molecule has 114 valence electrons. The largest absolute Gasteiger partial charge is 0.380 e. The predicted octanol–water partition coefficient (Wildman–Crippen LogP) is 3.98. The lowest BCUT2D eigenvalue weighted by Gasteiger charge is -2.24. The highest BCUT2D eigenvalue weighted by Gasteiger charge is 2.11. The summed E-state index contributed by atoms with van der Waals surface area (Å²) in [6, 6.07) is 6.97. The molecule has 3 nitrogen and oxygen atoms in total. The molecular weight excluding hydrogens is 316 g/mol.